The monoisotopic (exact) mass is 252 g/mol. The van der Waals surface area contributed by atoms with Crippen molar-refractivity contribution in [3.63, 3.8) is 0 Å². The summed E-state index contributed by atoms with van der Waals surface area (Å²) >= 11 is 0. The molecule has 1 aliphatic heterocycles. The van der Waals surface area contributed by atoms with Crippen molar-refractivity contribution in [2.75, 3.05) is 44.8 Å². The molecule has 4 heteroatoms. The van der Waals surface area contributed by atoms with E-state index in [1.165, 1.54) is 6.07 Å². The van der Waals surface area contributed by atoms with E-state index in [1.54, 1.807) is 12.1 Å². The van der Waals surface area contributed by atoms with E-state index in [4.69, 9.17) is 4.74 Å². The van der Waals surface area contributed by atoms with E-state index in [1.807, 2.05) is 18.0 Å². The van der Waals surface area contributed by atoms with Crippen molar-refractivity contribution in [1.82, 2.24) is 5.32 Å². The molecule has 2 rings (SSSR count). The van der Waals surface area contributed by atoms with Gasteiger partial charge in [-0.15, -0.1) is 0 Å². The van der Waals surface area contributed by atoms with Gasteiger partial charge in [-0.3, -0.25) is 0 Å². The SMILES string of the molecule is CN(CCNCC1CCOC1)c1ccccc1F. The van der Waals surface area contributed by atoms with E-state index in [0.29, 0.717) is 11.6 Å². The van der Waals surface area contributed by atoms with Gasteiger partial charge in [0.25, 0.3) is 0 Å². The third-order valence-corrected chi connectivity index (χ3v) is 3.34. The van der Waals surface area contributed by atoms with Gasteiger partial charge in [0.05, 0.1) is 12.3 Å². The molecule has 1 aromatic rings. The Morgan fingerprint density at radius 1 is 1.44 bits per heavy atom. The van der Waals surface area contributed by atoms with Crippen LogP contribution in [0.15, 0.2) is 24.3 Å². The zero-order valence-corrected chi connectivity index (χ0v) is 10.9. The van der Waals surface area contributed by atoms with Crippen LogP contribution < -0.4 is 10.2 Å². The Kier molecular flexibility index (Phi) is 4.96. The van der Waals surface area contributed by atoms with Crippen LogP contribution >= 0.6 is 0 Å². The zero-order valence-electron chi connectivity index (χ0n) is 10.9. The highest BCUT2D eigenvalue weighted by atomic mass is 19.1. The first kappa shape index (κ1) is 13.3. The van der Waals surface area contributed by atoms with Crippen molar-refractivity contribution >= 4 is 5.69 Å². The van der Waals surface area contributed by atoms with Gasteiger partial charge in [0, 0.05) is 33.3 Å². The Morgan fingerprint density at radius 3 is 3.00 bits per heavy atom. The number of anilines is 1. The number of benzene rings is 1. The number of ether oxygens (including phenoxy) is 1. The molecule has 1 aliphatic rings. The molecule has 100 valence electrons. The van der Waals surface area contributed by atoms with E-state index in [0.717, 1.165) is 39.3 Å². The minimum Gasteiger partial charge on any atom is -0.381 e. The van der Waals surface area contributed by atoms with E-state index < -0.39 is 0 Å². The third-order valence-electron chi connectivity index (χ3n) is 3.34. The fourth-order valence-electron chi connectivity index (χ4n) is 2.18. The van der Waals surface area contributed by atoms with Gasteiger partial charge in [-0.1, -0.05) is 12.1 Å². The molecule has 1 unspecified atom stereocenters. The molecular formula is C14H21FN2O. The highest BCUT2D eigenvalue weighted by Gasteiger charge is 2.14. The minimum absolute atomic E-state index is 0.163. The van der Waals surface area contributed by atoms with Crippen molar-refractivity contribution in [1.29, 1.82) is 0 Å². The molecule has 1 saturated heterocycles. The van der Waals surface area contributed by atoms with E-state index in [-0.39, 0.29) is 5.82 Å². The Morgan fingerprint density at radius 2 is 2.28 bits per heavy atom. The molecule has 0 amide bonds. The molecule has 18 heavy (non-hydrogen) atoms. The summed E-state index contributed by atoms with van der Waals surface area (Å²) in [5.74, 6) is 0.480. The third kappa shape index (κ3) is 3.68. The van der Waals surface area contributed by atoms with Crippen LogP contribution in [0, 0.1) is 11.7 Å². The second-order valence-electron chi connectivity index (χ2n) is 4.81. The van der Waals surface area contributed by atoms with Gasteiger partial charge in [0.1, 0.15) is 5.82 Å². The summed E-state index contributed by atoms with van der Waals surface area (Å²) in [6, 6.07) is 6.87. The topological polar surface area (TPSA) is 24.5 Å². The molecule has 0 saturated carbocycles. The maximum absolute atomic E-state index is 13.5. The van der Waals surface area contributed by atoms with E-state index in [2.05, 4.69) is 5.32 Å². The van der Waals surface area contributed by atoms with Crippen molar-refractivity contribution in [2.45, 2.75) is 6.42 Å². The number of nitrogens with zero attached hydrogens (tertiary/aromatic N) is 1. The van der Waals surface area contributed by atoms with Crippen molar-refractivity contribution in [2.24, 2.45) is 5.92 Å². The summed E-state index contributed by atoms with van der Waals surface area (Å²) in [4.78, 5) is 1.94. The summed E-state index contributed by atoms with van der Waals surface area (Å²) in [6.45, 7) is 4.42. The standard InChI is InChI=1S/C14H21FN2O/c1-17(14-5-3-2-4-13(14)15)8-7-16-10-12-6-9-18-11-12/h2-5,12,16H,6-11H2,1H3. The summed E-state index contributed by atoms with van der Waals surface area (Å²) in [6.07, 6.45) is 1.15. The van der Waals surface area contributed by atoms with Crippen LogP contribution in [0.4, 0.5) is 10.1 Å². The second-order valence-corrected chi connectivity index (χ2v) is 4.81. The summed E-state index contributed by atoms with van der Waals surface area (Å²) < 4.78 is 18.8. The fourth-order valence-corrected chi connectivity index (χ4v) is 2.18. The highest BCUT2D eigenvalue weighted by molar-refractivity contribution is 5.46. The maximum Gasteiger partial charge on any atom is 0.146 e. The number of likely N-dealkylation sites (N-methyl/N-ethyl adjacent to an activating group) is 1. The Labute approximate surface area is 108 Å². The van der Waals surface area contributed by atoms with Crippen LogP contribution in [0.1, 0.15) is 6.42 Å². The molecule has 1 aromatic carbocycles. The molecule has 3 nitrogen and oxygen atoms in total. The minimum atomic E-state index is -0.163. The predicted molar refractivity (Wildman–Crippen MR) is 71.5 cm³/mol. The average molecular weight is 252 g/mol. The average Bonchev–Trinajstić information content (AvgIpc) is 2.88. The van der Waals surface area contributed by atoms with Gasteiger partial charge in [0.15, 0.2) is 0 Å². The van der Waals surface area contributed by atoms with E-state index in [9.17, 15) is 4.39 Å². The molecule has 1 atom stereocenters. The summed E-state index contributed by atoms with van der Waals surface area (Å²) in [5, 5.41) is 3.40. The summed E-state index contributed by atoms with van der Waals surface area (Å²) in [5.41, 5.74) is 0.656. The molecular weight excluding hydrogens is 231 g/mol. The molecule has 0 spiro atoms. The fraction of sp³-hybridized carbons (Fsp3) is 0.571. The number of hydrogen-bond donors (Lipinski definition) is 1. The van der Waals surface area contributed by atoms with Gasteiger partial charge >= 0.3 is 0 Å². The van der Waals surface area contributed by atoms with Gasteiger partial charge in [-0.2, -0.15) is 0 Å². The quantitative estimate of drug-likeness (QED) is 0.782. The number of para-hydroxylation sites is 1. The van der Waals surface area contributed by atoms with Crippen LogP contribution in [0.3, 0.4) is 0 Å². The molecule has 0 aliphatic carbocycles. The van der Waals surface area contributed by atoms with Crippen LogP contribution in [-0.4, -0.2) is 39.9 Å². The first-order valence-electron chi connectivity index (χ1n) is 6.51. The van der Waals surface area contributed by atoms with Crippen LogP contribution in [0.2, 0.25) is 0 Å². The summed E-state index contributed by atoms with van der Waals surface area (Å²) in [7, 11) is 1.92. The number of rotatable bonds is 6. The Balaban J connectivity index is 1.68. The molecule has 0 bridgehead atoms. The maximum atomic E-state index is 13.5. The molecule has 1 heterocycles. The second kappa shape index (κ2) is 6.71. The number of halogens is 1. The zero-order chi connectivity index (χ0) is 12.8. The smallest absolute Gasteiger partial charge is 0.146 e. The van der Waals surface area contributed by atoms with Crippen LogP contribution in [0.25, 0.3) is 0 Å². The van der Waals surface area contributed by atoms with Crippen molar-refractivity contribution in [3.8, 4) is 0 Å². The number of nitrogens with one attached hydrogen (secondary N) is 1. The highest BCUT2D eigenvalue weighted by Crippen LogP contribution is 2.16. The molecule has 0 radical (unpaired) electrons. The number of hydrogen-bond acceptors (Lipinski definition) is 3. The first-order chi connectivity index (χ1) is 8.77. The largest absolute Gasteiger partial charge is 0.381 e. The van der Waals surface area contributed by atoms with Gasteiger partial charge in [-0.25, -0.2) is 4.39 Å². The lowest BCUT2D eigenvalue weighted by atomic mass is 10.1. The van der Waals surface area contributed by atoms with Crippen molar-refractivity contribution in [3.05, 3.63) is 30.1 Å². The van der Waals surface area contributed by atoms with Crippen LogP contribution in [-0.2, 0) is 4.74 Å². The van der Waals surface area contributed by atoms with E-state index >= 15 is 0 Å². The van der Waals surface area contributed by atoms with Gasteiger partial charge in [0.2, 0.25) is 0 Å². The first-order valence-corrected chi connectivity index (χ1v) is 6.51. The van der Waals surface area contributed by atoms with Gasteiger partial charge < -0.3 is 15.0 Å². The Bertz CT molecular complexity index is 367. The molecule has 1 fully saturated rings. The van der Waals surface area contributed by atoms with Gasteiger partial charge in [-0.05, 0) is 24.5 Å². The lowest BCUT2D eigenvalue weighted by molar-refractivity contribution is 0.185. The van der Waals surface area contributed by atoms with Crippen LogP contribution in [0.5, 0.6) is 0 Å². The molecule has 0 aromatic heterocycles. The van der Waals surface area contributed by atoms with Crippen molar-refractivity contribution < 1.29 is 9.13 Å². The normalized spacial score (nSPS) is 19.1. The Hall–Kier alpha value is -1.13. The predicted octanol–water partition coefficient (Wildman–Crippen LogP) is 1.89. The lowest BCUT2D eigenvalue weighted by Gasteiger charge is -2.20. The lowest BCUT2D eigenvalue weighted by Crippen LogP contribution is -2.32. The molecule has 1 N–H and O–H groups in total.